The Balaban J connectivity index is 1.80. The van der Waals surface area contributed by atoms with Gasteiger partial charge in [-0.05, 0) is 43.8 Å². The summed E-state index contributed by atoms with van der Waals surface area (Å²) in [6.45, 7) is 0. The predicted molar refractivity (Wildman–Crippen MR) is 85.5 cm³/mol. The maximum Gasteiger partial charge on any atom is 0.125 e. The number of aryl methyl sites for hydroxylation is 1. The molecule has 4 rings (SSSR count). The van der Waals surface area contributed by atoms with Crippen molar-refractivity contribution in [3.8, 4) is 10.6 Å². The molecule has 0 saturated carbocycles. The summed E-state index contributed by atoms with van der Waals surface area (Å²) in [6, 6.07) is 4.70. The summed E-state index contributed by atoms with van der Waals surface area (Å²) in [5.41, 5.74) is 3.48. The van der Waals surface area contributed by atoms with Crippen LogP contribution < -0.4 is 5.32 Å². The van der Waals surface area contributed by atoms with E-state index in [1.54, 1.807) is 11.3 Å². The third-order valence-corrected chi connectivity index (χ3v) is 5.89. The van der Waals surface area contributed by atoms with Crippen LogP contribution in [0.25, 0.3) is 20.8 Å². The van der Waals surface area contributed by atoms with Crippen LogP contribution in [0.5, 0.6) is 0 Å². The van der Waals surface area contributed by atoms with Gasteiger partial charge < -0.3 is 5.32 Å². The van der Waals surface area contributed by atoms with Gasteiger partial charge in [-0.2, -0.15) is 0 Å². The number of hydrogen-bond donors (Lipinski definition) is 1. The number of rotatable bonds is 2. The van der Waals surface area contributed by atoms with Crippen LogP contribution in [0.4, 0.5) is 0 Å². The largest absolute Gasteiger partial charge is 0.312 e. The number of thiazole rings is 1. The van der Waals surface area contributed by atoms with Crippen molar-refractivity contribution in [3.05, 3.63) is 34.3 Å². The Kier molecular flexibility index (Phi) is 3.06. The van der Waals surface area contributed by atoms with E-state index in [1.807, 2.05) is 24.6 Å². The minimum atomic E-state index is 0.419. The van der Waals surface area contributed by atoms with E-state index in [9.17, 15) is 0 Å². The molecule has 0 radical (unpaired) electrons. The van der Waals surface area contributed by atoms with Crippen molar-refractivity contribution in [2.45, 2.75) is 25.3 Å². The van der Waals surface area contributed by atoms with Crippen LogP contribution >= 0.6 is 22.7 Å². The summed E-state index contributed by atoms with van der Waals surface area (Å²) in [5.74, 6) is 0. The summed E-state index contributed by atoms with van der Waals surface area (Å²) in [5, 5.41) is 6.58. The van der Waals surface area contributed by atoms with Crippen LogP contribution in [0.1, 0.15) is 29.5 Å². The molecule has 1 N–H and O–H groups in total. The molecule has 0 saturated heterocycles. The molecular formula is C15H15N3S2. The second kappa shape index (κ2) is 4.91. The van der Waals surface area contributed by atoms with Crippen LogP contribution in [0.3, 0.4) is 0 Å². The zero-order valence-corrected chi connectivity index (χ0v) is 12.9. The highest BCUT2D eigenvalue weighted by Gasteiger charge is 2.23. The summed E-state index contributed by atoms with van der Waals surface area (Å²) in [7, 11) is 2.03. The van der Waals surface area contributed by atoms with Gasteiger partial charge in [0.15, 0.2) is 0 Å². The van der Waals surface area contributed by atoms with E-state index in [0.29, 0.717) is 6.04 Å². The van der Waals surface area contributed by atoms with Gasteiger partial charge in [0, 0.05) is 16.6 Å². The average molecular weight is 301 g/mol. The quantitative estimate of drug-likeness (QED) is 0.777. The van der Waals surface area contributed by atoms with Gasteiger partial charge in [0.2, 0.25) is 0 Å². The number of nitrogens with zero attached hydrogens (tertiary/aromatic N) is 2. The first-order valence-electron chi connectivity index (χ1n) is 6.85. The molecule has 3 aromatic heterocycles. The van der Waals surface area contributed by atoms with Crippen molar-refractivity contribution in [3.63, 3.8) is 0 Å². The molecule has 0 aromatic carbocycles. The lowest BCUT2D eigenvalue weighted by Gasteiger charge is -2.19. The molecule has 1 aliphatic carbocycles. The third kappa shape index (κ3) is 1.97. The molecular weight excluding hydrogens is 286 g/mol. The van der Waals surface area contributed by atoms with Gasteiger partial charge in [0.1, 0.15) is 5.01 Å². The first-order valence-corrected chi connectivity index (χ1v) is 8.55. The summed E-state index contributed by atoms with van der Waals surface area (Å²) in [6.07, 6.45) is 5.56. The van der Waals surface area contributed by atoms with Crippen LogP contribution in [0, 0.1) is 0 Å². The van der Waals surface area contributed by atoms with E-state index >= 15 is 0 Å². The molecule has 0 amide bonds. The molecule has 3 nitrogen and oxygen atoms in total. The summed E-state index contributed by atoms with van der Waals surface area (Å²) < 4.78 is 1.24. The normalized spacial score (nSPS) is 18.4. The highest BCUT2D eigenvalue weighted by atomic mass is 32.1. The van der Waals surface area contributed by atoms with Gasteiger partial charge >= 0.3 is 0 Å². The van der Waals surface area contributed by atoms with Crippen LogP contribution in [0.15, 0.2) is 23.7 Å². The average Bonchev–Trinajstić information content (AvgIpc) is 3.11. The van der Waals surface area contributed by atoms with E-state index in [2.05, 4.69) is 27.8 Å². The zero-order chi connectivity index (χ0) is 13.5. The van der Waals surface area contributed by atoms with Crippen molar-refractivity contribution >= 4 is 32.9 Å². The van der Waals surface area contributed by atoms with Crippen molar-refractivity contribution in [2.75, 3.05) is 7.05 Å². The van der Waals surface area contributed by atoms with E-state index < -0.39 is 0 Å². The Morgan fingerprint density at radius 1 is 1.40 bits per heavy atom. The van der Waals surface area contributed by atoms with Gasteiger partial charge in [-0.25, -0.2) is 4.98 Å². The van der Waals surface area contributed by atoms with Gasteiger partial charge in [0.25, 0.3) is 0 Å². The molecule has 3 heterocycles. The number of fused-ring (bicyclic) bond motifs is 2. The van der Waals surface area contributed by atoms with Crippen LogP contribution in [-0.4, -0.2) is 17.0 Å². The van der Waals surface area contributed by atoms with Crippen LogP contribution in [-0.2, 0) is 6.42 Å². The summed E-state index contributed by atoms with van der Waals surface area (Å²) in [4.78, 5) is 10.9. The van der Waals surface area contributed by atoms with Crippen molar-refractivity contribution in [2.24, 2.45) is 0 Å². The molecule has 3 aromatic rings. The lowest BCUT2D eigenvalue weighted by Crippen LogP contribution is -2.21. The molecule has 0 aliphatic heterocycles. The number of aromatic nitrogens is 2. The molecule has 102 valence electrons. The molecule has 20 heavy (non-hydrogen) atoms. The monoisotopic (exact) mass is 301 g/mol. The number of pyridine rings is 1. The molecule has 0 bridgehead atoms. The number of thiophene rings is 1. The van der Waals surface area contributed by atoms with Gasteiger partial charge in [0.05, 0.1) is 22.0 Å². The fourth-order valence-corrected chi connectivity index (χ4v) is 4.71. The molecule has 0 spiro atoms. The smallest absolute Gasteiger partial charge is 0.125 e. The summed E-state index contributed by atoms with van der Waals surface area (Å²) >= 11 is 3.57. The molecule has 1 unspecified atom stereocenters. The fourth-order valence-electron chi connectivity index (χ4n) is 2.79. The third-order valence-electron chi connectivity index (χ3n) is 3.85. The second-order valence-electron chi connectivity index (χ2n) is 5.09. The minimum absolute atomic E-state index is 0.419. The molecule has 5 heteroatoms. The highest BCUT2D eigenvalue weighted by molar-refractivity contribution is 7.17. The van der Waals surface area contributed by atoms with Gasteiger partial charge in [-0.15, -0.1) is 22.7 Å². The Labute approximate surface area is 125 Å². The Hall–Kier alpha value is -1.30. The Bertz CT molecular complexity index is 759. The van der Waals surface area contributed by atoms with Crippen molar-refractivity contribution < 1.29 is 0 Å². The van der Waals surface area contributed by atoms with Crippen LogP contribution in [0.2, 0.25) is 0 Å². The Morgan fingerprint density at radius 3 is 3.25 bits per heavy atom. The SMILES string of the molecule is CNC1CCCc2sc(-c3cnc4ccsc4c3)nc21. The fraction of sp³-hybridized carbons (Fsp3) is 0.333. The molecule has 1 aliphatic rings. The van der Waals surface area contributed by atoms with E-state index in [0.717, 1.165) is 16.1 Å². The van der Waals surface area contributed by atoms with Crippen molar-refractivity contribution in [1.29, 1.82) is 0 Å². The van der Waals surface area contributed by atoms with E-state index in [4.69, 9.17) is 4.98 Å². The predicted octanol–water partition coefficient (Wildman–Crippen LogP) is 4.02. The first kappa shape index (κ1) is 12.4. The first-order chi connectivity index (χ1) is 9.85. The topological polar surface area (TPSA) is 37.8 Å². The zero-order valence-electron chi connectivity index (χ0n) is 11.2. The van der Waals surface area contributed by atoms with Gasteiger partial charge in [-0.1, -0.05) is 0 Å². The van der Waals surface area contributed by atoms with Crippen molar-refractivity contribution in [1.82, 2.24) is 15.3 Å². The maximum atomic E-state index is 4.89. The maximum absolute atomic E-state index is 4.89. The Morgan fingerprint density at radius 2 is 2.35 bits per heavy atom. The van der Waals surface area contributed by atoms with Gasteiger partial charge in [-0.3, -0.25) is 4.98 Å². The lowest BCUT2D eigenvalue weighted by atomic mass is 9.98. The van der Waals surface area contributed by atoms with E-state index in [1.165, 1.54) is 34.5 Å². The molecule has 0 fully saturated rings. The minimum Gasteiger partial charge on any atom is -0.312 e. The standard InChI is InChI=1S/C15H15N3S2/c1-16-11-3-2-4-12-14(11)18-15(20-12)9-7-13-10(17-8-9)5-6-19-13/h5-8,11,16H,2-4H2,1H3. The number of nitrogens with one attached hydrogen (secondary N) is 1. The number of hydrogen-bond acceptors (Lipinski definition) is 5. The second-order valence-corrected chi connectivity index (χ2v) is 7.12. The lowest BCUT2D eigenvalue weighted by molar-refractivity contribution is 0.490. The van der Waals surface area contributed by atoms with E-state index in [-0.39, 0.29) is 0 Å². The highest BCUT2D eigenvalue weighted by Crippen LogP contribution is 2.37. The molecule has 1 atom stereocenters.